The molecule has 5 aromatic rings. The quantitative estimate of drug-likeness (QED) is 0.112. The number of ether oxygens (including phenoxy) is 1. The van der Waals surface area contributed by atoms with Crippen molar-refractivity contribution in [2.24, 2.45) is 0 Å². The highest BCUT2D eigenvalue weighted by atomic mass is 16.5. The zero-order valence-electron chi connectivity index (χ0n) is 25.2. The standard InChI is InChI=1S/C34H38N6O4/c1-22-27(9-5-11-29(22)31-14-13-25(21-36-16-18-42)32(38-31)43-3)28-10-6-12-30(23(28)2)33-39-40-34(44-33)37-26-8-4-7-24(19-26)20-35-15-17-41/h4-14,19,35-36,41-42H,15-18,20-21H2,1-3H3,(H,37,40). The molecule has 0 aliphatic heterocycles. The molecular formula is C34H38N6O4. The van der Waals surface area contributed by atoms with Gasteiger partial charge in [0.05, 0.1) is 26.0 Å². The number of aliphatic hydroxyl groups excluding tert-OH is 2. The van der Waals surface area contributed by atoms with Crippen molar-refractivity contribution in [3.05, 3.63) is 95.1 Å². The second-order valence-electron chi connectivity index (χ2n) is 10.4. The number of pyridine rings is 1. The molecule has 0 aliphatic rings. The van der Waals surface area contributed by atoms with Gasteiger partial charge in [0.15, 0.2) is 0 Å². The fraction of sp³-hybridized carbons (Fsp3) is 0.265. The fourth-order valence-electron chi connectivity index (χ4n) is 5.17. The number of benzene rings is 3. The van der Waals surface area contributed by atoms with Gasteiger partial charge in [0, 0.05) is 48.6 Å². The summed E-state index contributed by atoms with van der Waals surface area (Å²) < 4.78 is 11.6. The van der Waals surface area contributed by atoms with Crippen LogP contribution in [0.3, 0.4) is 0 Å². The number of aromatic nitrogens is 3. The molecule has 2 heterocycles. The minimum Gasteiger partial charge on any atom is -0.481 e. The number of methoxy groups -OCH3 is 1. The van der Waals surface area contributed by atoms with Gasteiger partial charge in [0.1, 0.15) is 0 Å². The third-order valence-electron chi connectivity index (χ3n) is 7.42. The van der Waals surface area contributed by atoms with Crippen LogP contribution in [0.2, 0.25) is 0 Å². The molecule has 0 fully saturated rings. The summed E-state index contributed by atoms with van der Waals surface area (Å²) in [6.07, 6.45) is 0. The first-order chi connectivity index (χ1) is 21.5. The van der Waals surface area contributed by atoms with E-state index in [0.29, 0.717) is 44.0 Å². The van der Waals surface area contributed by atoms with Crippen molar-refractivity contribution in [1.82, 2.24) is 25.8 Å². The molecule has 0 atom stereocenters. The lowest BCUT2D eigenvalue weighted by Crippen LogP contribution is -2.18. The lowest BCUT2D eigenvalue weighted by molar-refractivity contribution is 0.291. The third kappa shape index (κ3) is 7.12. The Morgan fingerprint density at radius 2 is 1.41 bits per heavy atom. The van der Waals surface area contributed by atoms with Crippen molar-refractivity contribution in [3.63, 3.8) is 0 Å². The summed E-state index contributed by atoms with van der Waals surface area (Å²) in [5.74, 6) is 0.986. The summed E-state index contributed by atoms with van der Waals surface area (Å²) in [4.78, 5) is 4.81. The molecule has 0 unspecified atom stereocenters. The molecule has 2 aromatic heterocycles. The lowest BCUT2D eigenvalue weighted by atomic mass is 9.90. The Labute approximate surface area is 257 Å². The first kappa shape index (κ1) is 30.8. The average molecular weight is 595 g/mol. The van der Waals surface area contributed by atoms with E-state index in [4.69, 9.17) is 24.4 Å². The van der Waals surface area contributed by atoms with E-state index in [-0.39, 0.29) is 13.2 Å². The minimum atomic E-state index is 0.0742. The molecule has 0 aliphatic carbocycles. The number of aliphatic hydroxyl groups is 2. The van der Waals surface area contributed by atoms with Crippen LogP contribution in [0.4, 0.5) is 11.7 Å². The van der Waals surface area contributed by atoms with Crippen molar-refractivity contribution in [1.29, 1.82) is 0 Å². The molecule has 0 spiro atoms. The van der Waals surface area contributed by atoms with Crippen LogP contribution >= 0.6 is 0 Å². The highest BCUT2D eigenvalue weighted by Crippen LogP contribution is 2.37. The molecule has 0 saturated heterocycles. The van der Waals surface area contributed by atoms with Gasteiger partial charge in [-0.25, -0.2) is 4.98 Å². The van der Waals surface area contributed by atoms with Gasteiger partial charge in [-0.2, -0.15) is 0 Å². The molecule has 44 heavy (non-hydrogen) atoms. The van der Waals surface area contributed by atoms with Crippen molar-refractivity contribution >= 4 is 11.7 Å². The Morgan fingerprint density at radius 1 is 0.750 bits per heavy atom. The SMILES string of the molecule is COc1nc(-c2cccc(-c3cccc(-c4nnc(Nc5cccc(CNCCO)c5)o4)c3C)c2C)ccc1CNCCO. The topological polar surface area (TPSA) is 138 Å². The van der Waals surface area contributed by atoms with Crippen LogP contribution in [0.1, 0.15) is 22.3 Å². The van der Waals surface area contributed by atoms with Gasteiger partial charge in [0.25, 0.3) is 0 Å². The Hall–Kier alpha value is -4.61. The largest absolute Gasteiger partial charge is 0.481 e. The summed E-state index contributed by atoms with van der Waals surface area (Å²) >= 11 is 0. The maximum atomic E-state index is 9.08. The first-order valence-corrected chi connectivity index (χ1v) is 14.6. The van der Waals surface area contributed by atoms with Crippen molar-refractivity contribution in [3.8, 4) is 39.7 Å². The fourth-order valence-corrected chi connectivity index (χ4v) is 5.17. The predicted octanol–water partition coefficient (Wildman–Crippen LogP) is 5.00. The Bertz CT molecular complexity index is 1700. The predicted molar refractivity (Wildman–Crippen MR) is 172 cm³/mol. The summed E-state index contributed by atoms with van der Waals surface area (Å²) in [6, 6.07) is 24.5. The van der Waals surface area contributed by atoms with Crippen LogP contribution in [-0.2, 0) is 13.1 Å². The highest BCUT2D eigenvalue weighted by molar-refractivity contribution is 5.82. The molecule has 0 bridgehead atoms. The number of nitrogens with zero attached hydrogens (tertiary/aromatic N) is 3. The van der Waals surface area contributed by atoms with Crippen LogP contribution in [-0.4, -0.2) is 58.8 Å². The molecule has 0 amide bonds. The Kier molecular flexibility index (Phi) is 10.3. The van der Waals surface area contributed by atoms with E-state index in [9.17, 15) is 0 Å². The minimum absolute atomic E-state index is 0.0742. The smallest absolute Gasteiger partial charge is 0.320 e. The third-order valence-corrected chi connectivity index (χ3v) is 7.42. The molecule has 5 N–H and O–H groups in total. The van der Waals surface area contributed by atoms with Crippen LogP contribution in [0.5, 0.6) is 5.88 Å². The number of hydrogen-bond donors (Lipinski definition) is 5. The molecule has 10 heteroatoms. The number of rotatable bonds is 14. The van der Waals surface area contributed by atoms with Crippen molar-refractivity contribution < 1.29 is 19.4 Å². The van der Waals surface area contributed by atoms with Crippen LogP contribution in [0, 0.1) is 13.8 Å². The summed E-state index contributed by atoms with van der Waals surface area (Å²) in [6.45, 7) is 6.58. The highest BCUT2D eigenvalue weighted by Gasteiger charge is 2.17. The Morgan fingerprint density at radius 3 is 2.14 bits per heavy atom. The molecule has 228 valence electrons. The zero-order chi connectivity index (χ0) is 30.9. The van der Waals surface area contributed by atoms with Gasteiger partial charge >= 0.3 is 6.01 Å². The van der Waals surface area contributed by atoms with Crippen molar-refractivity contribution in [2.75, 3.05) is 38.7 Å². The normalized spacial score (nSPS) is 11.1. The zero-order valence-corrected chi connectivity index (χ0v) is 25.2. The van der Waals surface area contributed by atoms with Crippen LogP contribution in [0.15, 0.2) is 77.2 Å². The molecule has 0 saturated carbocycles. The van der Waals surface area contributed by atoms with Gasteiger partial charge in [-0.1, -0.05) is 53.6 Å². The Balaban J connectivity index is 1.39. The van der Waals surface area contributed by atoms with Crippen LogP contribution in [0.25, 0.3) is 33.8 Å². The lowest BCUT2D eigenvalue weighted by Gasteiger charge is -2.16. The second-order valence-corrected chi connectivity index (χ2v) is 10.4. The molecule has 10 nitrogen and oxygen atoms in total. The number of hydrogen-bond acceptors (Lipinski definition) is 10. The first-order valence-electron chi connectivity index (χ1n) is 14.6. The maximum absolute atomic E-state index is 9.08. The number of anilines is 2. The van der Waals surface area contributed by atoms with E-state index in [1.165, 1.54) is 0 Å². The van der Waals surface area contributed by atoms with Gasteiger partial charge in [-0.15, -0.1) is 5.10 Å². The van der Waals surface area contributed by atoms with Gasteiger partial charge in [-0.3, -0.25) is 0 Å². The van der Waals surface area contributed by atoms with E-state index in [2.05, 4.69) is 58.2 Å². The number of nitrogens with one attached hydrogen (secondary N) is 3. The summed E-state index contributed by atoms with van der Waals surface area (Å²) in [5.41, 5.74) is 9.79. The monoisotopic (exact) mass is 594 g/mol. The maximum Gasteiger partial charge on any atom is 0.320 e. The van der Waals surface area contributed by atoms with Gasteiger partial charge in [0.2, 0.25) is 11.8 Å². The van der Waals surface area contributed by atoms with Crippen LogP contribution < -0.4 is 20.7 Å². The van der Waals surface area contributed by atoms with E-state index >= 15 is 0 Å². The molecule has 0 radical (unpaired) electrons. The second kappa shape index (κ2) is 14.7. The van der Waals surface area contributed by atoms with E-state index < -0.39 is 0 Å². The molecule has 5 rings (SSSR count). The average Bonchev–Trinajstić information content (AvgIpc) is 3.50. The molecular weight excluding hydrogens is 556 g/mol. The van der Waals surface area contributed by atoms with E-state index in [1.54, 1.807) is 7.11 Å². The van der Waals surface area contributed by atoms with Gasteiger partial charge < -0.3 is 35.3 Å². The molecule has 3 aromatic carbocycles. The van der Waals surface area contributed by atoms with E-state index in [0.717, 1.165) is 55.9 Å². The summed E-state index contributed by atoms with van der Waals surface area (Å²) in [5, 5.41) is 36.2. The van der Waals surface area contributed by atoms with E-state index in [1.807, 2.05) is 54.6 Å². The van der Waals surface area contributed by atoms with Crippen molar-refractivity contribution in [2.45, 2.75) is 26.9 Å². The van der Waals surface area contributed by atoms with Gasteiger partial charge in [-0.05, 0) is 65.9 Å². The summed E-state index contributed by atoms with van der Waals surface area (Å²) in [7, 11) is 1.62.